The van der Waals surface area contributed by atoms with E-state index in [2.05, 4.69) is 6.58 Å². The van der Waals surface area contributed by atoms with Crippen LogP contribution in [0.4, 0.5) is 0 Å². The third-order valence-corrected chi connectivity index (χ3v) is 4.41. The van der Waals surface area contributed by atoms with Crippen LogP contribution in [0.15, 0.2) is 12.2 Å². The first-order chi connectivity index (χ1) is 8.91. The normalized spacial score (nSPS) is 42.1. The van der Waals surface area contributed by atoms with Crippen molar-refractivity contribution in [3.8, 4) is 0 Å². The van der Waals surface area contributed by atoms with E-state index >= 15 is 0 Å². The molecule has 2 bridgehead atoms. The summed E-state index contributed by atoms with van der Waals surface area (Å²) < 4.78 is 10.4. The lowest BCUT2D eigenvalue weighted by molar-refractivity contribution is -0.316. The number of ether oxygens (including phenoxy) is 2. The van der Waals surface area contributed by atoms with Gasteiger partial charge in [0.2, 0.25) is 0 Å². The summed E-state index contributed by atoms with van der Waals surface area (Å²) in [5, 5.41) is 11.2. The molecule has 3 rings (SSSR count). The first-order valence-corrected chi connectivity index (χ1v) is 6.19. The molecule has 1 saturated heterocycles. The number of hydrogen-bond acceptors (Lipinski definition) is 6. The van der Waals surface area contributed by atoms with Gasteiger partial charge in [-0.3, -0.25) is 4.79 Å². The van der Waals surface area contributed by atoms with Crippen LogP contribution < -0.4 is 5.11 Å². The van der Waals surface area contributed by atoms with Crippen molar-refractivity contribution in [2.24, 2.45) is 23.7 Å². The summed E-state index contributed by atoms with van der Waals surface area (Å²) in [4.78, 5) is 34.6. The quantitative estimate of drug-likeness (QED) is 0.481. The van der Waals surface area contributed by atoms with E-state index in [0.717, 1.165) is 0 Å². The average molecular weight is 265 g/mol. The Morgan fingerprint density at radius 3 is 2.68 bits per heavy atom. The van der Waals surface area contributed by atoms with Crippen LogP contribution in [0.2, 0.25) is 0 Å². The number of carbonyl (C=O) groups excluding carboxylic acids is 3. The molecule has 6 heteroatoms. The van der Waals surface area contributed by atoms with E-state index in [9.17, 15) is 19.5 Å². The van der Waals surface area contributed by atoms with Crippen molar-refractivity contribution >= 4 is 17.9 Å². The van der Waals surface area contributed by atoms with Crippen molar-refractivity contribution in [1.82, 2.24) is 0 Å². The number of esters is 2. The predicted octanol–water partition coefficient (Wildman–Crippen LogP) is -0.968. The molecule has 3 fully saturated rings. The largest absolute Gasteiger partial charge is 0.550 e. The van der Waals surface area contributed by atoms with E-state index in [1.165, 1.54) is 6.92 Å². The van der Waals surface area contributed by atoms with Crippen molar-refractivity contribution < 1.29 is 29.0 Å². The second-order valence-corrected chi connectivity index (χ2v) is 5.49. The van der Waals surface area contributed by atoms with Crippen molar-refractivity contribution in [2.75, 3.05) is 0 Å². The van der Waals surface area contributed by atoms with Crippen LogP contribution in [0.3, 0.4) is 0 Å². The molecule has 0 aromatic rings. The molecule has 3 aliphatic rings. The molecule has 2 saturated carbocycles. The monoisotopic (exact) mass is 265 g/mol. The molecule has 1 aliphatic heterocycles. The summed E-state index contributed by atoms with van der Waals surface area (Å²) in [6, 6.07) is 0. The summed E-state index contributed by atoms with van der Waals surface area (Å²) in [6.45, 7) is 4.98. The zero-order valence-electron chi connectivity index (χ0n) is 10.3. The summed E-state index contributed by atoms with van der Waals surface area (Å²) in [6.07, 6.45) is -0.830. The number of carbonyl (C=O) groups is 3. The van der Waals surface area contributed by atoms with Gasteiger partial charge in [0.1, 0.15) is 18.1 Å². The van der Waals surface area contributed by atoms with E-state index in [0.29, 0.717) is 6.42 Å². The van der Waals surface area contributed by atoms with E-state index in [1.807, 2.05) is 0 Å². The number of rotatable bonds is 3. The second kappa shape index (κ2) is 3.82. The number of carboxylic acids is 1. The standard InChI is InChI=1S/C13H14O6/c1-4(2)12(16)18-10-5-3-6-8(10)13(17)19-9(6)7(5)11(14)15/h5-10H,1,3H2,2H3,(H,14,15)/p-1. The Balaban J connectivity index is 1.89. The van der Waals surface area contributed by atoms with Gasteiger partial charge in [0.25, 0.3) is 0 Å². The highest BCUT2D eigenvalue weighted by atomic mass is 16.6. The zero-order valence-corrected chi connectivity index (χ0v) is 10.3. The molecule has 0 amide bonds. The summed E-state index contributed by atoms with van der Waals surface area (Å²) >= 11 is 0. The minimum atomic E-state index is -1.25. The van der Waals surface area contributed by atoms with Crippen LogP contribution in [0.5, 0.6) is 0 Å². The maximum absolute atomic E-state index is 11.8. The van der Waals surface area contributed by atoms with Gasteiger partial charge in [0, 0.05) is 29.3 Å². The Morgan fingerprint density at radius 1 is 1.42 bits per heavy atom. The number of carboxylic acid groups (broad SMARTS) is 1. The summed E-state index contributed by atoms with van der Waals surface area (Å²) in [7, 11) is 0. The minimum absolute atomic E-state index is 0.177. The van der Waals surface area contributed by atoms with Gasteiger partial charge in [-0.15, -0.1) is 0 Å². The molecule has 0 radical (unpaired) electrons. The maximum Gasteiger partial charge on any atom is 0.333 e. The van der Waals surface area contributed by atoms with Gasteiger partial charge in [0.15, 0.2) is 0 Å². The molecular weight excluding hydrogens is 252 g/mol. The molecule has 102 valence electrons. The molecule has 1 heterocycles. The van der Waals surface area contributed by atoms with Gasteiger partial charge in [-0.2, -0.15) is 0 Å². The highest BCUT2D eigenvalue weighted by molar-refractivity contribution is 5.88. The molecular formula is C13H13O6-. The fraction of sp³-hybridized carbons (Fsp3) is 0.615. The van der Waals surface area contributed by atoms with E-state index in [4.69, 9.17) is 9.47 Å². The first kappa shape index (κ1) is 12.2. The van der Waals surface area contributed by atoms with E-state index < -0.39 is 47.9 Å². The van der Waals surface area contributed by atoms with Crippen LogP contribution in [-0.4, -0.2) is 30.1 Å². The lowest BCUT2D eigenvalue weighted by Crippen LogP contribution is -2.47. The van der Waals surface area contributed by atoms with Crippen LogP contribution in [0.25, 0.3) is 0 Å². The third-order valence-electron chi connectivity index (χ3n) is 4.41. The minimum Gasteiger partial charge on any atom is -0.550 e. The van der Waals surface area contributed by atoms with Crippen LogP contribution in [0.1, 0.15) is 13.3 Å². The Morgan fingerprint density at radius 2 is 2.11 bits per heavy atom. The Labute approximate surface area is 109 Å². The van der Waals surface area contributed by atoms with Crippen molar-refractivity contribution in [1.29, 1.82) is 0 Å². The molecule has 6 nitrogen and oxygen atoms in total. The van der Waals surface area contributed by atoms with Crippen LogP contribution in [0, 0.1) is 23.7 Å². The first-order valence-electron chi connectivity index (χ1n) is 6.19. The zero-order chi connectivity index (χ0) is 13.9. The topological polar surface area (TPSA) is 92.7 Å². The van der Waals surface area contributed by atoms with Gasteiger partial charge >= 0.3 is 11.9 Å². The lowest BCUT2D eigenvalue weighted by Gasteiger charge is -2.31. The molecule has 0 spiro atoms. The molecule has 2 aliphatic carbocycles. The van der Waals surface area contributed by atoms with E-state index in [1.54, 1.807) is 0 Å². The van der Waals surface area contributed by atoms with Crippen molar-refractivity contribution in [3.63, 3.8) is 0 Å². The maximum atomic E-state index is 11.8. The fourth-order valence-corrected chi connectivity index (χ4v) is 3.68. The Hall–Kier alpha value is -1.85. The predicted molar refractivity (Wildman–Crippen MR) is 58.2 cm³/mol. The Kier molecular flexibility index (Phi) is 2.45. The van der Waals surface area contributed by atoms with Crippen LogP contribution in [-0.2, 0) is 23.9 Å². The molecule has 0 aromatic carbocycles. The SMILES string of the molecule is C=C(C)C(=O)OC1C2CC3C(OC(=O)C31)C2C(=O)[O-]. The Bertz CT molecular complexity index is 495. The van der Waals surface area contributed by atoms with Gasteiger partial charge in [-0.1, -0.05) is 6.58 Å². The number of fused-ring (bicyclic) bond motifs is 1. The molecule has 19 heavy (non-hydrogen) atoms. The summed E-state index contributed by atoms with van der Waals surface area (Å²) in [5.74, 6) is -4.32. The molecule has 0 aromatic heterocycles. The van der Waals surface area contributed by atoms with Crippen LogP contribution >= 0.6 is 0 Å². The van der Waals surface area contributed by atoms with Gasteiger partial charge < -0.3 is 19.4 Å². The van der Waals surface area contributed by atoms with Gasteiger partial charge in [0.05, 0.1) is 0 Å². The highest BCUT2D eigenvalue weighted by Crippen LogP contribution is 2.58. The smallest absolute Gasteiger partial charge is 0.333 e. The molecule has 0 N–H and O–H groups in total. The lowest BCUT2D eigenvalue weighted by atomic mass is 9.80. The average Bonchev–Trinajstić information content (AvgIpc) is 2.89. The molecule has 6 atom stereocenters. The van der Waals surface area contributed by atoms with Gasteiger partial charge in [-0.25, -0.2) is 4.79 Å². The number of aliphatic carboxylic acids is 1. The third kappa shape index (κ3) is 1.52. The van der Waals surface area contributed by atoms with Gasteiger partial charge in [-0.05, 0) is 13.3 Å². The second-order valence-electron chi connectivity index (χ2n) is 5.49. The highest BCUT2D eigenvalue weighted by Gasteiger charge is 2.68. The van der Waals surface area contributed by atoms with Crippen molar-refractivity contribution in [3.05, 3.63) is 12.2 Å². The van der Waals surface area contributed by atoms with E-state index in [-0.39, 0.29) is 11.5 Å². The molecule has 6 unspecified atom stereocenters. The number of hydrogen-bond donors (Lipinski definition) is 0. The fourth-order valence-electron chi connectivity index (χ4n) is 3.68. The van der Waals surface area contributed by atoms with Crippen molar-refractivity contribution in [2.45, 2.75) is 25.6 Å². The summed E-state index contributed by atoms with van der Waals surface area (Å²) in [5.41, 5.74) is 0.218.